The second kappa shape index (κ2) is 10.3. The van der Waals surface area contributed by atoms with Crippen LogP contribution in [0.4, 0.5) is 0 Å². The van der Waals surface area contributed by atoms with Gasteiger partial charge in [-0.3, -0.25) is 9.69 Å². The second-order valence-corrected chi connectivity index (χ2v) is 8.05. The SMILES string of the molecule is CCCN(CCc1cccs1)[C@H]1CCc2c(cccc2OC(=O)CN=[N+]=[N-])C1. The number of esters is 1. The number of fused-ring (bicyclic) bond motifs is 1. The average Bonchev–Trinajstić information content (AvgIpc) is 3.23. The molecule has 0 saturated carbocycles. The molecular formula is C21H26N4O2S. The lowest BCUT2D eigenvalue weighted by Gasteiger charge is -2.35. The molecular weight excluding hydrogens is 372 g/mol. The minimum atomic E-state index is -0.517. The van der Waals surface area contributed by atoms with Crippen molar-refractivity contribution in [3.8, 4) is 5.75 Å². The van der Waals surface area contributed by atoms with E-state index in [4.69, 9.17) is 10.3 Å². The van der Waals surface area contributed by atoms with Gasteiger partial charge in [0.25, 0.3) is 0 Å². The summed E-state index contributed by atoms with van der Waals surface area (Å²) < 4.78 is 5.44. The first-order valence-corrected chi connectivity index (χ1v) is 10.7. The lowest BCUT2D eigenvalue weighted by atomic mass is 9.86. The van der Waals surface area contributed by atoms with Crippen LogP contribution >= 0.6 is 11.3 Å². The van der Waals surface area contributed by atoms with Crippen LogP contribution in [0.2, 0.25) is 0 Å². The van der Waals surface area contributed by atoms with Crippen molar-refractivity contribution in [2.45, 2.75) is 45.1 Å². The Kier molecular flexibility index (Phi) is 7.48. The Morgan fingerprint density at radius 1 is 1.36 bits per heavy atom. The number of benzene rings is 1. The van der Waals surface area contributed by atoms with Gasteiger partial charge in [-0.1, -0.05) is 30.2 Å². The molecule has 1 aromatic carbocycles. The molecule has 0 N–H and O–H groups in total. The Hall–Kier alpha value is -2.34. The quantitative estimate of drug-likeness (QED) is 0.201. The molecule has 1 aliphatic carbocycles. The smallest absolute Gasteiger partial charge is 0.317 e. The first-order valence-electron chi connectivity index (χ1n) is 9.80. The predicted octanol–water partition coefficient (Wildman–Crippen LogP) is 4.78. The van der Waals surface area contributed by atoms with Crippen molar-refractivity contribution in [2.24, 2.45) is 5.11 Å². The summed E-state index contributed by atoms with van der Waals surface area (Å²) in [6.07, 6.45) is 5.16. The zero-order valence-corrected chi connectivity index (χ0v) is 17.0. The average molecular weight is 399 g/mol. The maximum atomic E-state index is 11.8. The first kappa shape index (κ1) is 20.4. The number of azide groups is 1. The Labute approximate surface area is 169 Å². The molecule has 28 heavy (non-hydrogen) atoms. The highest BCUT2D eigenvalue weighted by atomic mass is 32.1. The fourth-order valence-electron chi connectivity index (χ4n) is 3.88. The standard InChI is InChI=1S/C21H26N4O2S/c1-2-11-25(12-10-18-6-4-13-28-18)17-8-9-19-16(14-17)5-3-7-20(19)27-21(26)15-23-24-22/h3-7,13,17H,2,8-12,14-15H2,1H3/t17-/m0/s1. The number of ether oxygens (including phenoxy) is 1. The maximum absolute atomic E-state index is 11.8. The lowest BCUT2D eigenvalue weighted by molar-refractivity contribution is -0.132. The zero-order chi connectivity index (χ0) is 19.8. The highest BCUT2D eigenvalue weighted by Crippen LogP contribution is 2.32. The van der Waals surface area contributed by atoms with E-state index in [0.717, 1.165) is 50.8 Å². The molecule has 0 amide bonds. The molecule has 1 aliphatic rings. The summed E-state index contributed by atoms with van der Waals surface area (Å²) in [6.45, 7) is 4.13. The molecule has 6 nitrogen and oxygen atoms in total. The molecule has 7 heteroatoms. The maximum Gasteiger partial charge on any atom is 0.317 e. The van der Waals surface area contributed by atoms with Gasteiger partial charge in [0.15, 0.2) is 0 Å². The summed E-state index contributed by atoms with van der Waals surface area (Å²) in [5, 5.41) is 5.42. The van der Waals surface area contributed by atoms with Gasteiger partial charge < -0.3 is 4.74 Å². The molecule has 0 unspecified atom stereocenters. The summed E-state index contributed by atoms with van der Waals surface area (Å²) in [4.78, 5) is 18.5. The lowest BCUT2D eigenvalue weighted by Crippen LogP contribution is -2.41. The fourth-order valence-corrected chi connectivity index (χ4v) is 4.58. The van der Waals surface area contributed by atoms with E-state index < -0.39 is 5.97 Å². The number of carbonyl (C=O) groups excluding carboxylic acids is 1. The first-order chi connectivity index (χ1) is 13.7. The van der Waals surface area contributed by atoms with E-state index >= 15 is 0 Å². The van der Waals surface area contributed by atoms with Gasteiger partial charge in [0.2, 0.25) is 0 Å². The Morgan fingerprint density at radius 2 is 2.25 bits per heavy atom. The van der Waals surface area contributed by atoms with E-state index in [-0.39, 0.29) is 6.54 Å². The van der Waals surface area contributed by atoms with E-state index in [1.54, 1.807) is 0 Å². The molecule has 0 aliphatic heterocycles. The molecule has 0 radical (unpaired) electrons. The van der Waals surface area contributed by atoms with Crippen LogP contribution in [0.3, 0.4) is 0 Å². The second-order valence-electron chi connectivity index (χ2n) is 7.02. The van der Waals surface area contributed by atoms with Crippen molar-refractivity contribution in [1.82, 2.24) is 4.90 Å². The zero-order valence-electron chi connectivity index (χ0n) is 16.2. The molecule has 1 heterocycles. The molecule has 2 aromatic rings. The highest BCUT2D eigenvalue weighted by molar-refractivity contribution is 7.09. The van der Waals surface area contributed by atoms with Crippen molar-refractivity contribution >= 4 is 17.3 Å². The third kappa shape index (κ3) is 5.35. The van der Waals surface area contributed by atoms with Crippen LogP contribution in [0, 0.1) is 0 Å². The number of thiophene rings is 1. The third-order valence-corrected chi connectivity index (χ3v) is 6.09. The van der Waals surface area contributed by atoms with E-state index in [9.17, 15) is 4.79 Å². The molecule has 1 aromatic heterocycles. The Morgan fingerprint density at radius 3 is 3.00 bits per heavy atom. The molecule has 0 spiro atoms. The number of carbonyl (C=O) groups is 1. The van der Waals surface area contributed by atoms with Gasteiger partial charge in [0.05, 0.1) is 0 Å². The van der Waals surface area contributed by atoms with Gasteiger partial charge in [-0.25, -0.2) is 0 Å². The third-order valence-electron chi connectivity index (χ3n) is 5.15. The van der Waals surface area contributed by atoms with Crippen LogP contribution in [0.15, 0.2) is 40.8 Å². The van der Waals surface area contributed by atoms with Crippen molar-refractivity contribution < 1.29 is 9.53 Å². The Balaban J connectivity index is 1.67. The van der Waals surface area contributed by atoms with E-state index in [2.05, 4.69) is 45.4 Å². The van der Waals surface area contributed by atoms with Crippen LogP contribution in [-0.2, 0) is 24.1 Å². The van der Waals surface area contributed by atoms with Gasteiger partial charge in [-0.05, 0) is 72.8 Å². The van der Waals surface area contributed by atoms with E-state index in [1.807, 2.05) is 23.5 Å². The highest BCUT2D eigenvalue weighted by Gasteiger charge is 2.26. The molecule has 3 rings (SSSR count). The largest absolute Gasteiger partial charge is 0.426 e. The van der Waals surface area contributed by atoms with Crippen molar-refractivity contribution in [1.29, 1.82) is 0 Å². The van der Waals surface area contributed by atoms with Crippen LogP contribution in [0.1, 0.15) is 35.8 Å². The normalized spacial score (nSPS) is 15.7. The summed E-state index contributed by atoms with van der Waals surface area (Å²) >= 11 is 1.83. The molecule has 0 saturated heterocycles. The van der Waals surface area contributed by atoms with Crippen LogP contribution < -0.4 is 4.74 Å². The van der Waals surface area contributed by atoms with E-state index in [1.165, 1.54) is 10.4 Å². The van der Waals surface area contributed by atoms with Crippen LogP contribution in [-0.4, -0.2) is 36.5 Å². The van der Waals surface area contributed by atoms with Gasteiger partial charge >= 0.3 is 5.97 Å². The monoisotopic (exact) mass is 398 g/mol. The topological polar surface area (TPSA) is 78.3 Å². The molecule has 148 valence electrons. The van der Waals surface area contributed by atoms with Crippen molar-refractivity contribution in [3.63, 3.8) is 0 Å². The number of nitrogens with zero attached hydrogens (tertiary/aromatic N) is 4. The number of hydrogen-bond acceptors (Lipinski definition) is 5. The molecule has 0 fully saturated rings. The van der Waals surface area contributed by atoms with Crippen molar-refractivity contribution in [3.05, 3.63) is 62.2 Å². The number of hydrogen-bond donors (Lipinski definition) is 0. The number of rotatable bonds is 9. The summed E-state index contributed by atoms with van der Waals surface area (Å²) in [5.41, 5.74) is 10.7. The minimum Gasteiger partial charge on any atom is -0.426 e. The fraction of sp³-hybridized carbons (Fsp3) is 0.476. The van der Waals surface area contributed by atoms with Gasteiger partial charge in [0.1, 0.15) is 12.3 Å². The van der Waals surface area contributed by atoms with Crippen molar-refractivity contribution in [2.75, 3.05) is 19.6 Å². The minimum absolute atomic E-state index is 0.282. The Bertz CT molecular complexity index is 831. The molecule has 0 bridgehead atoms. The van der Waals surface area contributed by atoms with Crippen LogP contribution in [0.5, 0.6) is 5.75 Å². The van der Waals surface area contributed by atoms with E-state index in [0.29, 0.717) is 11.8 Å². The summed E-state index contributed by atoms with van der Waals surface area (Å²) in [7, 11) is 0. The van der Waals surface area contributed by atoms with Gasteiger partial charge in [0, 0.05) is 22.4 Å². The van der Waals surface area contributed by atoms with Gasteiger partial charge in [-0.2, -0.15) is 0 Å². The predicted molar refractivity (Wildman–Crippen MR) is 112 cm³/mol. The summed E-state index contributed by atoms with van der Waals surface area (Å²) in [6, 6.07) is 10.7. The molecule has 1 atom stereocenters. The summed E-state index contributed by atoms with van der Waals surface area (Å²) in [5.74, 6) is 0.0894. The van der Waals surface area contributed by atoms with Gasteiger partial charge in [-0.15, -0.1) is 11.3 Å². The van der Waals surface area contributed by atoms with Crippen LogP contribution in [0.25, 0.3) is 10.4 Å².